The van der Waals surface area contributed by atoms with Crippen molar-refractivity contribution in [1.29, 1.82) is 0 Å². The highest BCUT2D eigenvalue weighted by Gasteiger charge is 2.53. The fourth-order valence-corrected chi connectivity index (χ4v) is 5.10. The number of pyridine rings is 1. The molecule has 0 saturated carbocycles. The number of nitrogens with zero attached hydrogens (tertiary/aromatic N) is 3. The first-order valence-corrected chi connectivity index (χ1v) is 12.4. The number of carbonyl (C=O) groups is 4. The molecule has 0 bridgehead atoms. The van der Waals surface area contributed by atoms with E-state index in [4.69, 9.17) is 4.74 Å². The Hall–Kier alpha value is -3.80. The van der Waals surface area contributed by atoms with E-state index in [0.717, 1.165) is 22.9 Å². The number of imide groups is 1. The van der Waals surface area contributed by atoms with Crippen LogP contribution < -0.4 is 10.6 Å². The van der Waals surface area contributed by atoms with Crippen LogP contribution in [0.3, 0.4) is 0 Å². The van der Waals surface area contributed by atoms with Gasteiger partial charge in [-0.1, -0.05) is 12.1 Å². The molecule has 37 heavy (non-hydrogen) atoms. The highest BCUT2D eigenvalue weighted by atomic mass is 32.2. The fraction of sp³-hybridized carbons (Fsp3) is 0.269. The number of thioether (sulfide) groups is 1. The number of likely N-dealkylation sites (N-methyl/N-ethyl adjacent to an activating group) is 1. The Morgan fingerprint density at radius 2 is 1.78 bits per heavy atom. The van der Waals surface area contributed by atoms with E-state index in [-0.39, 0.29) is 23.5 Å². The van der Waals surface area contributed by atoms with Gasteiger partial charge in [-0.3, -0.25) is 14.6 Å². The minimum absolute atomic E-state index is 0.163. The van der Waals surface area contributed by atoms with Gasteiger partial charge in [-0.25, -0.2) is 14.9 Å². The molecule has 2 aliphatic heterocycles. The Morgan fingerprint density at radius 3 is 2.46 bits per heavy atom. The number of esters is 1. The van der Waals surface area contributed by atoms with E-state index in [9.17, 15) is 19.2 Å². The van der Waals surface area contributed by atoms with Crippen molar-refractivity contribution in [1.82, 2.24) is 20.5 Å². The molecule has 4 amide bonds. The van der Waals surface area contributed by atoms with Gasteiger partial charge >= 0.3 is 12.0 Å². The second kappa shape index (κ2) is 11.1. The van der Waals surface area contributed by atoms with Crippen LogP contribution in [0.5, 0.6) is 0 Å². The summed E-state index contributed by atoms with van der Waals surface area (Å²) in [5, 5.41) is 5.74. The zero-order valence-corrected chi connectivity index (χ0v) is 21.6. The lowest BCUT2D eigenvalue weighted by molar-refractivity contribution is -0.762. The largest absolute Gasteiger partial charge is 0.461 e. The van der Waals surface area contributed by atoms with Crippen molar-refractivity contribution < 1.29 is 28.4 Å². The number of nitrogens with one attached hydrogen (secondary N) is 2. The fourth-order valence-electron chi connectivity index (χ4n) is 3.89. The maximum atomic E-state index is 13.2. The van der Waals surface area contributed by atoms with Crippen LogP contribution in [-0.2, 0) is 27.4 Å². The molecule has 0 radical (unpaired) electrons. The molecule has 1 aromatic heterocycles. The average Bonchev–Trinajstić information content (AvgIpc) is 3.28. The Balaban J connectivity index is 1.55. The molecule has 3 heterocycles. The molecular weight excluding hydrogens is 494 g/mol. The number of quaternary nitrogens is 1. The summed E-state index contributed by atoms with van der Waals surface area (Å²) in [5.41, 5.74) is 2.40. The quantitative estimate of drug-likeness (QED) is 0.381. The van der Waals surface area contributed by atoms with Crippen molar-refractivity contribution in [3.63, 3.8) is 0 Å². The first kappa shape index (κ1) is 26.3. The van der Waals surface area contributed by atoms with Crippen LogP contribution in [0.1, 0.15) is 28.4 Å². The number of urea groups is 1. The molecular formula is C26H28N5O5S+. The number of carbonyl (C=O) groups excluding carboxylic acids is 4. The Labute approximate surface area is 219 Å². The van der Waals surface area contributed by atoms with Crippen LogP contribution in [0.4, 0.5) is 4.79 Å². The SMILES string of the molecule is CC1=C2SC(C(=O)NCc3ccncc3)=C[N+]2(Cc2ccc(C(=O)OCCN(C)C)cc2)C(=O)NC1=O. The molecule has 2 N–H and O–H groups in total. The zero-order chi connectivity index (χ0) is 26.6. The van der Waals surface area contributed by atoms with Gasteiger partial charge in [0.15, 0.2) is 5.03 Å². The molecule has 11 heteroatoms. The highest BCUT2D eigenvalue weighted by Crippen LogP contribution is 2.47. The van der Waals surface area contributed by atoms with Crippen LogP contribution in [-0.4, -0.2) is 65.4 Å². The van der Waals surface area contributed by atoms with E-state index >= 15 is 0 Å². The van der Waals surface area contributed by atoms with Gasteiger partial charge in [0, 0.05) is 31.0 Å². The first-order valence-electron chi connectivity index (χ1n) is 11.6. The number of rotatable bonds is 9. The number of fused-ring (bicyclic) bond motifs is 1. The molecule has 1 unspecified atom stereocenters. The van der Waals surface area contributed by atoms with E-state index in [1.54, 1.807) is 61.9 Å². The molecule has 192 valence electrons. The summed E-state index contributed by atoms with van der Waals surface area (Å²) in [6.07, 6.45) is 4.87. The minimum Gasteiger partial charge on any atom is -0.461 e. The van der Waals surface area contributed by atoms with Crippen molar-refractivity contribution in [2.24, 2.45) is 0 Å². The van der Waals surface area contributed by atoms with Gasteiger partial charge in [0.25, 0.3) is 11.8 Å². The summed E-state index contributed by atoms with van der Waals surface area (Å²) in [7, 11) is 3.79. The van der Waals surface area contributed by atoms with E-state index < -0.39 is 17.9 Å². The minimum atomic E-state index is -0.540. The summed E-state index contributed by atoms with van der Waals surface area (Å²) < 4.78 is 4.94. The van der Waals surface area contributed by atoms with Gasteiger partial charge in [-0.15, -0.1) is 0 Å². The summed E-state index contributed by atoms with van der Waals surface area (Å²) in [4.78, 5) is 57.1. The van der Waals surface area contributed by atoms with Crippen molar-refractivity contribution in [3.05, 3.63) is 87.2 Å². The van der Waals surface area contributed by atoms with Crippen LogP contribution in [0.15, 0.2) is 70.5 Å². The molecule has 1 aromatic carbocycles. The maximum Gasteiger partial charge on any atom is 0.434 e. The van der Waals surface area contributed by atoms with Crippen molar-refractivity contribution >= 4 is 35.6 Å². The first-order chi connectivity index (χ1) is 17.7. The second-order valence-corrected chi connectivity index (χ2v) is 10.0. The third-order valence-corrected chi connectivity index (χ3v) is 7.31. The van der Waals surface area contributed by atoms with Gasteiger partial charge < -0.3 is 15.0 Å². The van der Waals surface area contributed by atoms with Crippen LogP contribution >= 0.6 is 11.8 Å². The molecule has 10 nitrogen and oxygen atoms in total. The lowest BCUT2D eigenvalue weighted by atomic mass is 10.1. The average molecular weight is 523 g/mol. The zero-order valence-electron chi connectivity index (χ0n) is 20.8. The number of aromatic nitrogens is 1. The summed E-state index contributed by atoms with van der Waals surface area (Å²) in [5.74, 6) is -1.25. The second-order valence-electron chi connectivity index (χ2n) is 8.99. The Morgan fingerprint density at radius 1 is 1.08 bits per heavy atom. The number of amides is 4. The molecule has 2 aromatic rings. The van der Waals surface area contributed by atoms with Crippen LogP contribution in [0.25, 0.3) is 0 Å². The topological polar surface area (TPSA) is 118 Å². The lowest BCUT2D eigenvalue weighted by Gasteiger charge is -2.32. The monoisotopic (exact) mass is 522 g/mol. The van der Waals surface area contributed by atoms with Crippen LogP contribution in [0, 0.1) is 0 Å². The molecule has 1 atom stereocenters. The molecule has 0 aliphatic carbocycles. The van der Waals surface area contributed by atoms with Gasteiger partial charge in [-0.2, -0.15) is 4.48 Å². The Kier molecular flexibility index (Phi) is 7.86. The Bertz CT molecular complexity index is 1290. The molecule has 0 saturated heterocycles. The van der Waals surface area contributed by atoms with Crippen LogP contribution in [0.2, 0.25) is 0 Å². The smallest absolute Gasteiger partial charge is 0.434 e. The van der Waals surface area contributed by atoms with Gasteiger partial charge in [0.05, 0.1) is 11.1 Å². The van der Waals surface area contributed by atoms with Gasteiger partial charge in [-0.05, 0) is 62.6 Å². The van der Waals surface area contributed by atoms with Gasteiger partial charge in [0.1, 0.15) is 24.3 Å². The number of hydrogen-bond donors (Lipinski definition) is 2. The van der Waals surface area contributed by atoms with E-state index in [2.05, 4.69) is 15.6 Å². The predicted molar refractivity (Wildman–Crippen MR) is 137 cm³/mol. The summed E-state index contributed by atoms with van der Waals surface area (Å²) in [6, 6.07) is 9.83. The van der Waals surface area contributed by atoms with E-state index in [1.807, 2.05) is 19.0 Å². The third kappa shape index (κ3) is 5.79. The number of hydrogen-bond acceptors (Lipinski definition) is 8. The normalized spacial score (nSPS) is 18.9. The lowest BCUT2D eigenvalue weighted by Crippen LogP contribution is -2.56. The number of benzene rings is 1. The van der Waals surface area contributed by atoms with E-state index in [1.165, 1.54) is 0 Å². The molecule has 4 rings (SSSR count). The standard InChI is InChI=1S/C26H27N5O5S/c1-17-22(32)29-26(35)31(15-19-4-6-20(7-5-19)25(34)36-13-12-30(2)3)16-21(37-24(17)31)23(33)28-14-18-8-10-27-11-9-18/h4-11,16H,12-15H2,1-3H3,(H-,28,29,32,33,35)/p+1. The van der Waals surface area contributed by atoms with Gasteiger partial charge in [0.2, 0.25) is 0 Å². The molecule has 0 spiro atoms. The number of ether oxygens (including phenoxy) is 1. The molecule has 2 aliphatic rings. The maximum absolute atomic E-state index is 13.2. The van der Waals surface area contributed by atoms with E-state index in [0.29, 0.717) is 34.2 Å². The third-order valence-electron chi connectivity index (χ3n) is 5.97. The summed E-state index contributed by atoms with van der Waals surface area (Å²) in [6.45, 7) is 3.00. The van der Waals surface area contributed by atoms with Crippen molar-refractivity contribution in [2.45, 2.75) is 20.0 Å². The predicted octanol–water partition coefficient (Wildman–Crippen LogP) is 2.50. The highest BCUT2D eigenvalue weighted by molar-refractivity contribution is 8.07. The summed E-state index contributed by atoms with van der Waals surface area (Å²) >= 11 is 1.12. The molecule has 0 fully saturated rings. The van der Waals surface area contributed by atoms with Crippen molar-refractivity contribution in [2.75, 3.05) is 27.2 Å². The van der Waals surface area contributed by atoms with Crippen molar-refractivity contribution in [3.8, 4) is 0 Å².